The van der Waals surface area contributed by atoms with E-state index in [9.17, 15) is 5.11 Å². The largest absolute Gasteiger partial charge is 0.393 e. The van der Waals surface area contributed by atoms with Crippen LogP contribution in [0.3, 0.4) is 0 Å². The van der Waals surface area contributed by atoms with E-state index >= 15 is 0 Å². The molecule has 0 bridgehead atoms. The highest BCUT2D eigenvalue weighted by atomic mass is 16.5. The van der Waals surface area contributed by atoms with Crippen molar-refractivity contribution in [2.75, 3.05) is 19.7 Å². The van der Waals surface area contributed by atoms with Gasteiger partial charge in [0.25, 0.3) is 0 Å². The standard InChI is InChI=1S/C16H33NO3/c1-3-14-8-4-5-9-16(14)20-12-15(19)11-17-10-6-7-13(2)18/h13-19H,3-12H2,1-2H3. The lowest BCUT2D eigenvalue weighted by atomic mass is 9.85. The number of rotatable bonds is 10. The maximum absolute atomic E-state index is 9.91. The monoisotopic (exact) mass is 287 g/mol. The van der Waals surface area contributed by atoms with Crippen molar-refractivity contribution in [1.82, 2.24) is 5.32 Å². The molecule has 4 atom stereocenters. The van der Waals surface area contributed by atoms with Gasteiger partial charge >= 0.3 is 0 Å². The number of aliphatic hydroxyl groups is 2. The first-order valence-corrected chi connectivity index (χ1v) is 8.32. The topological polar surface area (TPSA) is 61.7 Å². The van der Waals surface area contributed by atoms with Gasteiger partial charge in [0.2, 0.25) is 0 Å². The fraction of sp³-hybridized carbons (Fsp3) is 1.00. The molecular weight excluding hydrogens is 254 g/mol. The van der Waals surface area contributed by atoms with Crippen molar-refractivity contribution >= 4 is 0 Å². The fourth-order valence-electron chi connectivity index (χ4n) is 2.94. The van der Waals surface area contributed by atoms with E-state index in [1.807, 2.05) is 0 Å². The molecule has 0 radical (unpaired) electrons. The van der Waals surface area contributed by atoms with Gasteiger partial charge in [-0.25, -0.2) is 0 Å². The van der Waals surface area contributed by atoms with Gasteiger partial charge in [-0.3, -0.25) is 0 Å². The Labute approximate surface area is 123 Å². The molecule has 4 nitrogen and oxygen atoms in total. The molecule has 0 saturated heterocycles. The lowest BCUT2D eigenvalue weighted by Gasteiger charge is -2.31. The van der Waals surface area contributed by atoms with Gasteiger partial charge < -0.3 is 20.3 Å². The smallest absolute Gasteiger partial charge is 0.0897 e. The molecule has 0 aromatic rings. The molecule has 1 saturated carbocycles. The lowest BCUT2D eigenvalue weighted by Crippen LogP contribution is -2.35. The van der Waals surface area contributed by atoms with E-state index in [0.717, 1.165) is 25.8 Å². The zero-order valence-electron chi connectivity index (χ0n) is 13.2. The quantitative estimate of drug-likeness (QED) is 0.538. The third-order valence-corrected chi connectivity index (χ3v) is 4.22. The van der Waals surface area contributed by atoms with Crippen LogP contribution in [-0.2, 0) is 4.74 Å². The summed E-state index contributed by atoms with van der Waals surface area (Å²) in [5, 5.41) is 22.3. The number of aliphatic hydroxyl groups excluding tert-OH is 2. The Morgan fingerprint density at radius 1 is 1.25 bits per heavy atom. The van der Waals surface area contributed by atoms with E-state index < -0.39 is 6.10 Å². The van der Waals surface area contributed by atoms with E-state index in [1.54, 1.807) is 6.92 Å². The second-order valence-electron chi connectivity index (χ2n) is 6.17. The van der Waals surface area contributed by atoms with Crippen molar-refractivity contribution in [2.24, 2.45) is 5.92 Å². The minimum Gasteiger partial charge on any atom is -0.393 e. The van der Waals surface area contributed by atoms with Crippen LogP contribution < -0.4 is 5.32 Å². The second kappa shape index (κ2) is 10.6. The molecule has 1 aliphatic carbocycles. The van der Waals surface area contributed by atoms with Crippen LogP contribution in [0.4, 0.5) is 0 Å². The lowest BCUT2D eigenvalue weighted by molar-refractivity contribution is -0.0498. The summed E-state index contributed by atoms with van der Waals surface area (Å²) in [6.45, 7) is 5.88. The van der Waals surface area contributed by atoms with E-state index in [4.69, 9.17) is 9.84 Å². The molecule has 0 aromatic heterocycles. The molecule has 0 aliphatic heterocycles. The normalized spacial score (nSPS) is 26.4. The average molecular weight is 287 g/mol. The highest BCUT2D eigenvalue weighted by Crippen LogP contribution is 2.29. The molecule has 0 amide bonds. The predicted octanol–water partition coefficient (Wildman–Crippen LogP) is 2.08. The number of hydrogen-bond acceptors (Lipinski definition) is 4. The zero-order valence-corrected chi connectivity index (χ0v) is 13.2. The molecule has 1 rings (SSSR count). The van der Waals surface area contributed by atoms with Crippen LogP contribution in [0.5, 0.6) is 0 Å². The Kier molecular flexibility index (Phi) is 9.44. The molecular formula is C16H33NO3. The van der Waals surface area contributed by atoms with Gasteiger partial charge in [-0.05, 0) is 45.1 Å². The van der Waals surface area contributed by atoms with E-state index in [1.165, 1.54) is 25.7 Å². The minimum atomic E-state index is -0.430. The van der Waals surface area contributed by atoms with Crippen LogP contribution in [0.1, 0.15) is 58.8 Å². The molecule has 0 heterocycles. The Morgan fingerprint density at radius 3 is 2.70 bits per heavy atom. The molecule has 0 spiro atoms. The highest BCUT2D eigenvalue weighted by Gasteiger charge is 2.24. The summed E-state index contributed by atoms with van der Waals surface area (Å²) in [5.41, 5.74) is 0. The Hall–Kier alpha value is -0.160. The Morgan fingerprint density at radius 2 is 2.00 bits per heavy atom. The molecule has 4 heteroatoms. The summed E-state index contributed by atoms with van der Waals surface area (Å²) in [6.07, 6.45) is 7.61. The Bertz CT molecular complexity index is 236. The molecule has 4 unspecified atom stereocenters. The van der Waals surface area contributed by atoms with Gasteiger partial charge in [-0.15, -0.1) is 0 Å². The number of nitrogens with one attached hydrogen (secondary N) is 1. The van der Waals surface area contributed by atoms with Crippen molar-refractivity contribution in [2.45, 2.75) is 77.1 Å². The molecule has 3 N–H and O–H groups in total. The summed E-state index contributed by atoms with van der Waals surface area (Å²) < 4.78 is 5.91. The van der Waals surface area contributed by atoms with Crippen molar-refractivity contribution < 1.29 is 14.9 Å². The summed E-state index contributed by atoms with van der Waals surface area (Å²) in [7, 11) is 0. The number of ether oxygens (including phenoxy) is 1. The highest BCUT2D eigenvalue weighted by molar-refractivity contribution is 4.75. The summed E-state index contributed by atoms with van der Waals surface area (Å²) in [4.78, 5) is 0. The zero-order chi connectivity index (χ0) is 14.8. The first-order valence-electron chi connectivity index (χ1n) is 8.32. The summed E-state index contributed by atoms with van der Waals surface area (Å²) in [6, 6.07) is 0. The SMILES string of the molecule is CCC1CCCCC1OCC(O)CNCCCC(C)O. The molecule has 120 valence electrons. The van der Waals surface area contributed by atoms with Gasteiger partial charge in [0.15, 0.2) is 0 Å². The van der Waals surface area contributed by atoms with Crippen LogP contribution in [0, 0.1) is 5.92 Å². The van der Waals surface area contributed by atoms with Crippen LogP contribution in [0.25, 0.3) is 0 Å². The van der Waals surface area contributed by atoms with E-state index in [-0.39, 0.29) is 6.10 Å². The van der Waals surface area contributed by atoms with E-state index in [0.29, 0.717) is 25.2 Å². The molecule has 1 aliphatic rings. The molecule has 0 aromatic carbocycles. The maximum atomic E-state index is 9.91. The van der Waals surface area contributed by atoms with Crippen molar-refractivity contribution in [3.05, 3.63) is 0 Å². The molecule has 1 fully saturated rings. The van der Waals surface area contributed by atoms with Gasteiger partial charge in [0.05, 0.1) is 24.9 Å². The van der Waals surface area contributed by atoms with Crippen molar-refractivity contribution in [1.29, 1.82) is 0 Å². The van der Waals surface area contributed by atoms with Crippen LogP contribution in [-0.4, -0.2) is 48.2 Å². The van der Waals surface area contributed by atoms with Crippen molar-refractivity contribution in [3.63, 3.8) is 0 Å². The Balaban J connectivity index is 2.05. The average Bonchev–Trinajstić information content (AvgIpc) is 2.44. The minimum absolute atomic E-state index is 0.234. The summed E-state index contributed by atoms with van der Waals surface area (Å²) in [5.74, 6) is 0.676. The number of hydrogen-bond donors (Lipinski definition) is 3. The first kappa shape index (κ1) is 17.9. The van der Waals surface area contributed by atoms with Crippen LogP contribution >= 0.6 is 0 Å². The third kappa shape index (κ3) is 7.58. The first-order chi connectivity index (χ1) is 9.63. The van der Waals surface area contributed by atoms with Gasteiger partial charge in [0.1, 0.15) is 0 Å². The fourth-order valence-corrected chi connectivity index (χ4v) is 2.94. The predicted molar refractivity (Wildman–Crippen MR) is 81.8 cm³/mol. The van der Waals surface area contributed by atoms with Crippen LogP contribution in [0.15, 0.2) is 0 Å². The summed E-state index contributed by atoms with van der Waals surface area (Å²) >= 11 is 0. The van der Waals surface area contributed by atoms with Gasteiger partial charge in [0, 0.05) is 6.54 Å². The van der Waals surface area contributed by atoms with Crippen LogP contribution in [0.2, 0.25) is 0 Å². The molecule has 20 heavy (non-hydrogen) atoms. The third-order valence-electron chi connectivity index (χ3n) is 4.22. The second-order valence-corrected chi connectivity index (χ2v) is 6.17. The van der Waals surface area contributed by atoms with E-state index in [2.05, 4.69) is 12.2 Å². The van der Waals surface area contributed by atoms with Gasteiger partial charge in [-0.1, -0.05) is 26.2 Å². The van der Waals surface area contributed by atoms with Gasteiger partial charge in [-0.2, -0.15) is 0 Å². The maximum Gasteiger partial charge on any atom is 0.0897 e. The van der Waals surface area contributed by atoms with Crippen molar-refractivity contribution in [3.8, 4) is 0 Å².